The maximum Gasteiger partial charge on any atom is 0.0669 e. The van der Waals surface area contributed by atoms with Crippen LogP contribution in [0.25, 0.3) is 0 Å². The minimum absolute atomic E-state index is 0.662. The van der Waals surface area contributed by atoms with Crippen molar-refractivity contribution < 1.29 is 0 Å². The lowest BCUT2D eigenvalue weighted by atomic mass is 10.5. The lowest BCUT2D eigenvalue weighted by molar-refractivity contribution is 1.20. The summed E-state index contributed by atoms with van der Waals surface area (Å²) in [7, 11) is 0. The fourth-order valence-electron chi connectivity index (χ4n) is 0.512. The van der Waals surface area contributed by atoms with E-state index in [9.17, 15) is 0 Å². The maximum absolute atomic E-state index is 7.22. The first-order chi connectivity index (χ1) is 3.34. The highest BCUT2D eigenvalue weighted by Gasteiger charge is 2.25. The van der Waals surface area contributed by atoms with Crippen LogP contribution in [0.5, 0.6) is 0 Å². The molecule has 1 nitrogen and oxygen atoms in total. The summed E-state index contributed by atoms with van der Waals surface area (Å²) in [5.74, 6) is 0.662. The van der Waals surface area contributed by atoms with Gasteiger partial charge < -0.3 is 0 Å². The highest BCUT2D eigenvalue weighted by atomic mass is 32.2. The zero-order valence-electron chi connectivity index (χ0n) is 4.40. The van der Waals surface area contributed by atoms with Gasteiger partial charge in [0.25, 0.3) is 0 Å². The zero-order valence-corrected chi connectivity index (χ0v) is 5.22. The Morgan fingerprint density at radius 3 is 2.43 bits per heavy atom. The van der Waals surface area contributed by atoms with Crippen LogP contribution in [0.15, 0.2) is 0 Å². The van der Waals surface area contributed by atoms with Gasteiger partial charge in [0.1, 0.15) is 0 Å². The van der Waals surface area contributed by atoms with E-state index < -0.39 is 0 Å². The normalized spacial score (nSPS) is 19.6. The summed E-state index contributed by atoms with van der Waals surface area (Å²) in [5, 5.41) is 8.09. The Balaban J connectivity index is 2.24. The molecule has 1 aliphatic rings. The molecule has 0 bridgehead atoms. The smallest absolute Gasteiger partial charge is 0.0669 e. The van der Waals surface area contributed by atoms with Crippen molar-refractivity contribution in [3.05, 3.63) is 0 Å². The Labute approximate surface area is 48.0 Å². The van der Waals surface area contributed by atoms with Gasteiger partial charge in [-0.2, -0.15) is 0 Å². The number of hydrogen-bond donors (Lipinski definition) is 1. The predicted octanol–water partition coefficient (Wildman–Crippen LogP) is 1.74. The molecule has 1 N–H and O–H groups in total. The van der Waals surface area contributed by atoms with Crippen molar-refractivity contribution >= 4 is 16.8 Å². The van der Waals surface area contributed by atoms with E-state index in [1.807, 2.05) is 6.26 Å². The minimum atomic E-state index is 0.662. The van der Waals surface area contributed by atoms with Crippen LogP contribution in [0.4, 0.5) is 0 Å². The molecule has 40 valence electrons. The largest absolute Gasteiger partial charge is 0.298 e. The molecule has 0 unspecified atom stereocenters. The van der Waals surface area contributed by atoms with Crippen molar-refractivity contribution in [1.29, 1.82) is 5.41 Å². The summed E-state index contributed by atoms with van der Waals surface area (Å²) >= 11 is 1.58. The molecule has 1 aliphatic carbocycles. The van der Waals surface area contributed by atoms with Crippen LogP contribution in [0.3, 0.4) is 0 Å². The van der Waals surface area contributed by atoms with Crippen LogP contribution in [0, 0.1) is 11.3 Å². The quantitative estimate of drug-likeness (QED) is 0.408. The number of thioether (sulfide) groups is 1. The van der Waals surface area contributed by atoms with Crippen molar-refractivity contribution in [2.75, 3.05) is 6.26 Å². The second kappa shape index (κ2) is 1.86. The van der Waals surface area contributed by atoms with Gasteiger partial charge in [0.2, 0.25) is 0 Å². The third-order valence-corrected chi connectivity index (χ3v) is 1.94. The highest BCUT2D eigenvalue weighted by molar-refractivity contribution is 8.13. The SMILES string of the molecule is CSC(=N)C1CC1. The molecule has 0 saturated heterocycles. The average Bonchev–Trinajstić information content (AvgIpc) is 2.44. The third-order valence-electron chi connectivity index (χ3n) is 1.17. The number of nitrogens with one attached hydrogen (secondary N) is 1. The van der Waals surface area contributed by atoms with Crippen molar-refractivity contribution in [1.82, 2.24) is 0 Å². The number of hydrogen-bond acceptors (Lipinski definition) is 2. The Hall–Kier alpha value is 0.0200. The molecular formula is C5H9NS. The Bertz CT molecular complexity index is 86.1. The van der Waals surface area contributed by atoms with E-state index in [0.717, 1.165) is 5.04 Å². The molecule has 1 rings (SSSR count). The molecule has 0 heterocycles. The van der Waals surface area contributed by atoms with Gasteiger partial charge in [-0.05, 0) is 19.1 Å². The van der Waals surface area contributed by atoms with Crippen molar-refractivity contribution in [3.63, 3.8) is 0 Å². The monoisotopic (exact) mass is 115 g/mol. The van der Waals surface area contributed by atoms with Crippen LogP contribution < -0.4 is 0 Å². The first-order valence-electron chi connectivity index (χ1n) is 2.47. The van der Waals surface area contributed by atoms with Crippen molar-refractivity contribution in [3.8, 4) is 0 Å². The fourth-order valence-corrected chi connectivity index (χ4v) is 1.08. The highest BCUT2D eigenvalue weighted by Crippen LogP contribution is 2.33. The van der Waals surface area contributed by atoms with E-state index >= 15 is 0 Å². The first-order valence-corrected chi connectivity index (χ1v) is 3.69. The topological polar surface area (TPSA) is 23.9 Å². The van der Waals surface area contributed by atoms with E-state index in [4.69, 9.17) is 5.41 Å². The van der Waals surface area contributed by atoms with Crippen LogP contribution in [0.2, 0.25) is 0 Å². The van der Waals surface area contributed by atoms with Gasteiger partial charge in [-0.15, -0.1) is 11.8 Å². The summed E-state index contributed by atoms with van der Waals surface area (Å²) in [6.07, 6.45) is 4.50. The van der Waals surface area contributed by atoms with E-state index in [0.29, 0.717) is 5.92 Å². The van der Waals surface area contributed by atoms with E-state index in [1.54, 1.807) is 11.8 Å². The molecule has 0 amide bonds. The van der Waals surface area contributed by atoms with Gasteiger partial charge in [0.15, 0.2) is 0 Å². The molecule has 0 atom stereocenters. The maximum atomic E-state index is 7.22. The molecule has 0 spiro atoms. The molecule has 7 heavy (non-hydrogen) atoms. The van der Waals surface area contributed by atoms with E-state index in [-0.39, 0.29) is 0 Å². The molecule has 0 aromatic carbocycles. The Morgan fingerprint density at radius 2 is 2.29 bits per heavy atom. The summed E-state index contributed by atoms with van der Waals surface area (Å²) in [5.41, 5.74) is 0. The van der Waals surface area contributed by atoms with Gasteiger partial charge in [-0.1, -0.05) is 0 Å². The van der Waals surface area contributed by atoms with Crippen LogP contribution in [-0.2, 0) is 0 Å². The first kappa shape index (κ1) is 5.16. The minimum Gasteiger partial charge on any atom is -0.298 e. The van der Waals surface area contributed by atoms with Gasteiger partial charge in [-0.25, -0.2) is 0 Å². The van der Waals surface area contributed by atoms with Crippen LogP contribution >= 0.6 is 11.8 Å². The second-order valence-corrected chi connectivity index (χ2v) is 2.69. The molecule has 2 heteroatoms. The fraction of sp³-hybridized carbons (Fsp3) is 0.800. The molecular weight excluding hydrogens is 106 g/mol. The van der Waals surface area contributed by atoms with Crippen LogP contribution in [-0.4, -0.2) is 11.3 Å². The molecule has 1 fully saturated rings. The third kappa shape index (κ3) is 1.20. The zero-order chi connectivity index (χ0) is 5.28. The van der Waals surface area contributed by atoms with E-state index in [2.05, 4.69) is 0 Å². The van der Waals surface area contributed by atoms with Gasteiger partial charge in [-0.3, -0.25) is 5.41 Å². The molecule has 0 aromatic heterocycles. The predicted molar refractivity (Wildman–Crippen MR) is 34.0 cm³/mol. The van der Waals surface area contributed by atoms with Gasteiger partial charge in [0, 0.05) is 5.92 Å². The Morgan fingerprint density at radius 1 is 1.71 bits per heavy atom. The molecule has 0 radical (unpaired) electrons. The Kier molecular flexibility index (Phi) is 1.38. The standard InChI is InChI=1S/C5H9NS/c1-7-5(6)4-2-3-4/h4,6H,2-3H2,1H3. The summed E-state index contributed by atoms with van der Waals surface area (Å²) in [4.78, 5) is 0. The summed E-state index contributed by atoms with van der Waals surface area (Å²) in [6.45, 7) is 0. The molecule has 0 aliphatic heterocycles. The van der Waals surface area contributed by atoms with Crippen molar-refractivity contribution in [2.45, 2.75) is 12.8 Å². The molecule has 1 saturated carbocycles. The summed E-state index contributed by atoms with van der Waals surface area (Å²) in [6, 6.07) is 0. The summed E-state index contributed by atoms with van der Waals surface area (Å²) < 4.78 is 0. The van der Waals surface area contributed by atoms with E-state index in [1.165, 1.54) is 12.8 Å². The lowest BCUT2D eigenvalue weighted by Crippen LogP contribution is -1.88. The lowest BCUT2D eigenvalue weighted by Gasteiger charge is -1.89. The second-order valence-electron chi connectivity index (χ2n) is 1.84. The molecule has 0 aromatic rings. The van der Waals surface area contributed by atoms with Crippen molar-refractivity contribution in [2.24, 2.45) is 5.92 Å². The number of rotatable bonds is 1. The van der Waals surface area contributed by atoms with Gasteiger partial charge >= 0.3 is 0 Å². The van der Waals surface area contributed by atoms with Crippen LogP contribution in [0.1, 0.15) is 12.8 Å². The van der Waals surface area contributed by atoms with Gasteiger partial charge in [0.05, 0.1) is 5.04 Å². The average molecular weight is 115 g/mol.